The minimum absolute atomic E-state index is 0.588. The summed E-state index contributed by atoms with van der Waals surface area (Å²) in [4.78, 5) is 6.12. The molecule has 0 amide bonds. The number of hydrogen-bond acceptors (Lipinski definition) is 3. The van der Waals surface area contributed by atoms with Gasteiger partial charge >= 0.3 is 0 Å². The Morgan fingerprint density at radius 2 is 2.00 bits per heavy atom. The first-order valence-corrected chi connectivity index (χ1v) is 9.46. The molecule has 1 aliphatic rings. The van der Waals surface area contributed by atoms with E-state index in [1.54, 1.807) is 11.3 Å². The zero-order chi connectivity index (χ0) is 16.5. The maximum absolute atomic E-state index is 5.49. The van der Waals surface area contributed by atoms with Crippen molar-refractivity contribution in [3.05, 3.63) is 53.0 Å². The van der Waals surface area contributed by atoms with Crippen molar-refractivity contribution in [2.75, 3.05) is 10.6 Å². The lowest BCUT2D eigenvalue weighted by Gasteiger charge is -2.15. The van der Waals surface area contributed by atoms with Gasteiger partial charge in [-0.3, -0.25) is 0 Å². The van der Waals surface area contributed by atoms with E-state index in [4.69, 9.17) is 17.2 Å². The minimum Gasteiger partial charge on any atom is -0.332 e. The highest BCUT2D eigenvalue weighted by Gasteiger charge is 2.20. The van der Waals surface area contributed by atoms with Crippen molar-refractivity contribution in [3.8, 4) is 0 Å². The van der Waals surface area contributed by atoms with Crippen LogP contribution in [0.4, 0.5) is 10.8 Å². The predicted octanol–water partition coefficient (Wildman–Crippen LogP) is 5.23. The number of rotatable bonds is 2. The normalized spacial score (nSPS) is 16.6. The fourth-order valence-electron chi connectivity index (χ4n) is 3.18. The van der Waals surface area contributed by atoms with Crippen LogP contribution in [0.2, 0.25) is 0 Å². The van der Waals surface area contributed by atoms with E-state index < -0.39 is 0 Å². The Hall–Kier alpha value is -1.98. The Balaban J connectivity index is 1.51. The summed E-state index contributed by atoms with van der Waals surface area (Å²) in [6, 6.07) is 14.5. The van der Waals surface area contributed by atoms with Crippen LogP contribution in [0.5, 0.6) is 0 Å². The van der Waals surface area contributed by atoms with Crippen molar-refractivity contribution >= 4 is 50.3 Å². The molecule has 4 rings (SSSR count). The molecule has 1 unspecified atom stereocenters. The molecular formula is C19H19N3S2. The van der Waals surface area contributed by atoms with Gasteiger partial charge in [0.2, 0.25) is 0 Å². The third-order valence-electron chi connectivity index (χ3n) is 4.44. The Morgan fingerprint density at radius 3 is 2.92 bits per heavy atom. The molecule has 0 saturated carbocycles. The Bertz CT molecular complexity index is 895. The first-order chi connectivity index (χ1) is 11.7. The Labute approximate surface area is 151 Å². The number of hydrogen-bond donors (Lipinski definition) is 2. The van der Waals surface area contributed by atoms with E-state index in [1.165, 1.54) is 22.4 Å². The molecule has 24 heavy (non-hydrogen) atoms. The number of thiocarbonyl (C=S) groups is 1. The summed E-state index contributed by atoms with van der Waals surface area (Å²) in [5.41, 5.74) is 2.26. The zero-order valence-electron chi connectivity index (χ0n) is 13.5. The van der Waals surface area contributed by atoms with Crippen LogP contribution < -0.4 is 10.6 Å². The third-order valence-corrected chi connectivity index (χ3v) is 5.68. The first-order valence-electron chi connectivity index (χ1n) is 8.23. The molecule has 0 fully saturated rings. The SMILES string of the molecule is CC1CCc2nc(NC(=S)Nc3cccc4ccccc34)sc2C1. The second-order valence-corrected chi connectivity index (χ2v) is 7.83. The van der Waals surface area contributed by atoms with Gasteiger partial charge in [-0.15, -0.1) is 11.3 Å². The fourth-order valence-corrected chi connectivity index (χ4v) is 4.63. The average Bonchev–Trinajstić information content (AvgIpc) is 2.96. The van der Waals surface area contributed by atoms with Crippen LogP contribution in [0.25, 0.3) is 10.8 Å². The fraction of sp³-hybridized carbons (Fsp3) is 0.263. The highest BCUT2D eigenvalue weighted by molar-refractivity contribution is 7.80. The zero-order valence-corrected chi connectivity index (χ0v) is 15.1. The van der Waals surface area contributed by atoms with E-state index in [2.05, 4.69) is 35.8 Å². The number of aromatic nitrogens is 1. The molecule has 0 spiro atoms. The van der Waals surface area contributed by atoms with Crippen molar-refractivity contribution in [1.82, 2.24) is 4.98 Å². The summed E-state index contributed by atoms with van der Waals surface area (Å²) >= 11 is 7.22. The van der Waals surface area contributed by atoms with Gasteiger partial charge in [0.05, 0.1) is 5.69 Å². The van der Waals surface area contributed by atoms with E-state index in [-0.39, 0.29) is 0 Å². The first kappa shape index (κ1) is 15.5. The molecule has 2 N–H and O–H groups in total. The highest BCUT2D eigenvalue weighted by atomic mass is 32.1. The molecule has 1 atom stereocenters. The monoisotopic (exact) mass is 353 g/mol. The number of benzene rings is 2. The summed E-state index contributed by atoms with van der Waals surface area (Å²) < 4.78 is 0. The second kappa shape index (κ2) is 6.49. The number of thiazole rings is 1. The van der Waals surface area contributed by atoms with Gasteiger partial charge in [-0.2, -0.15) is 0 Å². The van der Waals surface area contributed by atoms with Gasteiger partial charge < -0.3 is 10.6 Å². The summed E-state index contributed by atoms with van der Waals surface area (Å²) in [6.07, 6.45) is 3.45. The third kappa shape index (κ3) is 3.14. The van der Waals surface area contributed by atoms with E-state index in [1.807, 2.05) is 24.3 Å². The van der Waals surface area contributed by atoms with Gasteiger partial charge in [-0.25, -0.2) is 4.98 Å². The summed E-state index contributed by atoms with van der Waals surface area (Å²) in [7, 11) is 0. The summed E-state index contributed by atoms with van der Waals surface area (Å²) in [6.45, 7) is 2.31. The number of aryl methyl sites for hydroxylation is 1. The molecule has 1 aromatic heterocycles. The van der Waals surface area contributed by atoms with Crippen molar-refractivity contribution in [2.45, 2.75) is 26.2 Å². The molecule has 2 aromatic carbocycles. The number of nitrogens with one attached hydrogen (secondary N) is 2. The lowest BCUT2D eigenvalue weighted by Crippen LogP contribution is -2.19. The minimum atomic E-state index is 0.588. The topological polar surface area (TPSA) is 37.0 Å². The van der Waals surface area contributed by atoms with E-state index in [9.17, 15) is 0 Å². The van der Waals surface area contributed by atoms with Gasteiger partial charge in [0, 0.05) is 16.0 Å². The molecule has 0 radical (unpaired) electrons. The molecule has 0 bridgehead atoms. The molecule has 1 aliphatic carbocycles. The number of nitrogens with zero attached hydrogens (tertiary/aromatic N) is 1. The van der Waals surface area contributed by atoms with E-state index >= 15 is 0 Å². The van der Waals surface area contributed by atoms with Crippen LogP contribution in [0.3, 0.4) is 0 Å². The second-order valence-electron chi connectivity index (χ2n) is 6.34. The van der Waals surface area contributed by atoms with Crippen LogP contribution in [0.15, 0.2) is 42.5 Å². The molecule has 1 heterocycles. The molecule has 0 saturated heterocycles. The van der Waals surface area contributed by atoms with E-state index in [0.29, 0.717) is 5.11 Å². The molecule has 5 heteroatoms. The van der Waals surface area contributed by atoms with Crippen molar-refractivity contribution in [1.29, 1.82) is 0 Å². The average molecular weight is 354 g/mol. The van der Waals surface area contributed by atoms with Gasteiger partial charge in [0.25, 0.3) is 0 Å². The van der Waals surface area contributed by atoms with Gasteiger partial charge in [-0.05, 0) is 48.9 Å². The van der Waals surface area contributed by atoms with E-state index in [0.717, 1.165) is 35.0 Å². The lowest BCUT2D eigenvalue weighted by molar-refractivity contribution is 0.502. The quantitative estimate of drug-likeness (QED) is 0.619. The highest BCUT2D eigenvalue weighted by Crippen LogP contribution is 2.32. The lowest BCUT2D eigenvalue weighted by atomic mass is 9.93. The van der Waals surface area contributed by atoms with Crippen molar-refractivity contribution in [3.63, 3.8) is 0 Å². The van der Waals surface area contributed by atoms with Crippen LogP contribution >= 0.6 is 23.6 Å². The summed E-state index contributed by atoms with van der Waals surface area (Å²) in [5, 5.41) is 10.4. The van der Waals surface area contributed by atoms with Crippen molar-refractivity contribution in [2.24, 2.45) is 5.92 Å². The van der Waals surface area contributed by atoms with Gasteiger partial charge in [0.15, 0.2) is 10.2 Å². The summed E-state index contributed by atoms with van der Waals surface area (Å²) in [5.74, 6) is 0.756. The largest absolute Gasteiger partial charge is 0.332 e. The number of fused-ring (bicyclic) bond motifs is 2. The Morgan fingerprint density at radius 1 is 1.17 bits per heavy atom. The number of anilines is 2. The molecule has 3 nitrogen and oxygen atoms in total. The van der Waals surface area contributed by atoms with Crippen LogP contribution in [0, 0.1) is 5.92 Å². The smallest absolute Gasteiger partial charge is 0.189 e. The molecule has 3 aromatic rings. The molecule has 0 aliphatic heterocycles. The van der Waals surface area contributed by atoms with Gasteiger partial charge in [0.1, 0.15) is 0 Å². The van der Waals surface area contributed by atoms with Crippen LogP contribution in [0.1, 0.15) is 23.9 Å². The van der Waals surface area contributed by atoms with Crippen LogP contribution in [-0.4, -0.2) is 10.1 Å². The standard InChI is InChI=1S/C19H19N3S2/c1-12-9-10-16-17(11-12)24-19(21-16)22-18(23)20-15-8-4-6-13-5-2-3-7-14(13)15/h2-8,12H,9-11H2,1H3,(H2,20,21,22,23). The molecule has 122 valence electrons. The molecular weight excluding hydrogens is 334 g/mol. The predicted molar refractivity (Wildman–Crippen MR) is 107 cm³/mol. The maximum Gasteiger partial charge on any atom is 0.189 e. The Kier molecular flexibility index (Phi) is 4.21. The maximum atomic E-state index is 5.49. The van der Waals surface area contributed by atoms with Gasteiger partial charge in [-0.1, -0.05) is 43.3 Å². The van der Waals surface area contributed by atoms with Crippen LogP contribution in [-0.2, 0) is 12.8 Å². The van der Waals surface area contributed by atoms with Crippen molar-refractivity contribution < 1.29 is 0 Å².